The number of amides is 4. The van der Waals surface area contributed by atoms with E-state index in [-0.39, 0.29) is 34.6 Å². The van der Waals surface area contributed by atoms with Gasteiger partial charge in [0.2, 0.25) is 0 Å². The van der Waals surface area contributed by atoms with Crippen molar-refractivity contribution in [1.29, 1.82) is 0 Å². The summed E-state index contributed by atoms with van der Waals surface area (Å²) in [7, 11) is 0. The van der Waals surface area contributed by atoms with E-state index in [1.165, 1.54) is 18.2 Å². The van der Waals surface area contributed by atoms with Gasteiger partial charge in [-0.05, 0) is 67.8 Å². The highest BCUT2D eigenvalue weighted by Crippen LogP contribution is 2.35. The maximum Gasteiger partial charge on any atom is 0.344 e. The third-order valence-electron chi connectivity index (χ3n) is 4.82. The van der Waals surface area contributed by atoms with Crippen LogP contribution in [0.5, 0.6) is 5.75 Å². The fraction of sp³-hybridized carbons (Fsp3) is 0.217. The summed E-state index contributed by atoms with van der Waals surface area (Å²) in [6, 6.07) is 7.07. The van der Waals surface area contributed by atoms with Crippen molar-refractivity contribution in [3.63, 3.8) is 0 Å². The second kappa shape index (κ2) is 10.1. The maximum atomic E-state index is 13.1. The lowest BCUT2D eigenvalue weighted by molar-refractivity contribution is -0.145. The molecule has 0 unspecified atom stereocenters. The number of anilines is 1. The van der Waals surface area contributed by atoms with E-state index in [0.29, 0.717) is 11.3 Å². The van der Waals surface area contributed by atoms with Gasteiger partial charge in [0, 0.05) is 0 Å². The number of halogens is 2. The molecule has 1 aliphatic rings. The first kappa shape index (κ1) is 24.3. The summed E-state index contributed by atoms with van der Waals surface area (Å²) >= 11 is 12.4. The topological polar surface area (TPSA) is 102 Å². The van der Waals surface area contributed by atoms with Crippen molar-refractivity contribution in [2.24, 2.45) is 0 Å². The summed E-state index contributed by atoms with van der Waals surface area (Å²) in [5.74, 6) is -2.17. The fourth-order valence-corrected chi connectivity index (χ4v) is 3.67. The van der Waals surface area contributed by atoms with Gasteiger partial charge in [-0.1, -0.05) is 29.3 Å². The number of aryl methyl sites for hydroxylation is 2. The summed E-state index contributed by atoms with van der Waals surface area (Å²) in [6.45, 7) is 5.23. The lowest BCUT2D eigenvalue weighted by Crippen LogP contribution is -2.54. The van der Waals surface area contributed by atoms with Crippen LogP contribution in [0.15, 0.2) is 35.9 Å². The molecule has 0 bridgehead atoms. The number of carbonyl (C=O) groups excluding carboxylic acids is 4. The number of esters is 1. The van der Waals surface area contributed by atoms with E-state index in [9.17, 15) is 19.2 Å². The summed E-state index contributed by atoms with van der Waals surface area (Å²) < 4.78 is 10.1. The van der Waals surface area contributed by atoms with Crippen LogP contribution in [-0.2, 0) is 19.1 Å². The van der Waals surface area contributed by atoms with E-state index in [1.807, 2.05) is 13.8 Å². The summed E-state index contributed by atoms with van der Waals surface area (Å²) in [6.07, 6.45) is 1.27. The highest BCUT2D eigenvalue weighted by atomic mass is 35.5. The van der Waals surface area contributed by atoms with Crippen LogP contribution < -0.4 is 15.0 Å². The highest BCUT2D eigenvalue weighted by Gasteiger charge is 2.37. The van der Waals surface area contributed by atoms with Crippen molar-refractivity contribution in [3.05, 3.63) is 62.6 Å². The number of imide groups is 2. The SMILES string of the molecule is CCOC(=O)COc1c(Cl)cc(/C=C2\C(=O)NC(=O)N(c3ccc(C)c(C)c3)C2=O)cc1Cl. The van der Waals surface area contributed by atoms with Crippen LogP contribution in [0, 0.1) is 13.8 Å². The van der Waals surface area contributed by atoms with Gasteiger partial charge >= 0.3 is 12.0 Å². The minimum absolute atomic E-state index is 0.0555. The quantitative estimate of drug-likeness (QED) is 0.369. The van der Waals surface area contributed by atoms with Crippen LogP contribution >= 0.6 is 23.2 Å². The van der Waals surface area contributed by atoms with Crippen LogP contribution in [0.3, 0.4) is 0 Å². The Balaban J connectivity index is 1.91. The Morgan fingerprint density at radius 3 is 2.33 bits per heavy atom. The molecule has 8 nitrogen and oxygen atoms in total. The number of ether oxygens (including phenoxy) is 2. The molecular weight excluding hydrogens is 471 g/mol. The van der Waals surface area contributed by atoms with Crippen molar-refractivity contribution in [3.8, 4) is 5.75 Å². The smallest absolute Gasteiger partial charge is 0.344 e. The minimum atomic E-state index is -0.847. The number of carbonyl (C=O) groups is 4. The Hall–Kier alpha value is -3.36. The molecule has 0 radical (unpaired) electrons. The average molecular weight is 491 g/mol. The van der Waals surface area contributed by atoms with E-state index in [2.05, 4.69) is 5.32 Å². The Bertz CT molecular complexity index is 1170. The highest BCUT2D eigenvalue weighted by molar-refractivity contribution is 6.40. The van der Waals surface area contributed by atoms with E-state index in [1.54, 1.807) is 25.1 Å². The van der Waals surface area contributed by atoms with Crippen molar-refractivity contribution >= 4 is 58.8 Å². The Labute approximate surface area is 200 Å². The van der Waals surface area contributed by atoms with E-state index in [4.69, 9.17) is 32.7 Å². The van der Waals surface area contributed by atoms with Gasteiger partial charge < -0.3 is 9.47 Å². The van der Waals surface area contributed by atoms with Gasteiger partial charge in [0.25, 0.3) is 11.8 Å². The van der Waals surface area contributed by atoms with E-state index in [0.717, 1.165) is 16.0 Å². The Morgan fingerprint density at radius 2 is 1.73 bits per heavy atom. The molecule has 2 aromatic carbocycles. The van der Waals surface area contributed by atoms with Crippen molar-refractivity contribution in [2.75, 3.05) is 18.1 Å². The van der Waals surface area contributed by atoms with Gasteiger partial charge in [-0.2, -0.15) is 0 Å². The third-order valence-corrected chi connectivity index (χ3v) is 5.38. The molecule has 0 saturated carbocycles. The minimum Gasteiger partial charge on any atom is -0.479 e. The molecule has 1 saturated heterocycles. The largest absolute Gasteiger partial charge is 0.479 e. The van der Waals surface area contributed by atoms with Gasteiger partial charge in [-0.15, -0.1) is 0 Å². The number of nitrogens with one attached hydrogen (secondary N) is 1. The second-order valence-corrected chi connectivity index (χ2v) is 7.95. The van der Waals surface area contributed by atoms with Crippen LogP contribution in [0.1, 0.15) is 23.6 Å². The first-order valence-corrected chi connectivity index (χ1v) is 10.6. The van der Waals surface area contributed by atoms with E-state index < -0.39 is 23.8 Å². The normalized spacial score (nSPS) is 15.0. The number of nitrogens with zero attached hydrogens (tertiary/aromatic N) is 1. The zero-order valence-corrected chi connectivity index (χ0v) is 19.5. The molecule has 33 heavy (non-hydrogen) atoms. The van der Waals surface area contributed by atoms with Crippen molar-refractivity contribution < 1.29 is 28.7 Å². The number of urea groups is 1. The number of barbiturate groups is 1. The summed E-state index contributed by atoms with van der Waals surface area (Å²) in [5, 5.41) is 2.28. The van der Waals surface area contributed by atoms with Crippen LogP contribution in [0.25, 0.3) is 6.08 Å². The molecule has 1 heterocycles. The van der Waals surface area contributed by atoms with Gasteiger partial charge in [0.15, 0.2) is 12.4 Å². The average Bonchev–Trinajstić information content (AvgIpc) is 2.73. The number of hydrogen-bond donors (Lipinski definition) is 1. The number of hydrogen-bond acceptors (Lipinski definition) is 6. The third kappa shape index (κ3) is 5.35. The zero-order chi connectivity index (χ0) is 24.3. The molecule has 1 fully saturated rings. The molecule has 2 aromatic rings. The summed E-state index contributed by atoms with van der Waals surface area (Å²) in [5.41, 5.74) is 2.25. The van der Waals surface area contributed by atoms with Crippen LogP contribution in [0.4, 0.5) is 10.5 Å². The second-order valence-electron chi connectivity index (χ2n) is 7.13. The molecule has 1 aliphatic heterocycles. The Morgan fingerprint density at radius 1 is 1.06 bits per heavy atom. The molecule has 3 rings (SSSR count). The zero-order valence-electron chi connectivity index (χ0n) is 18.0. The van der Waals surface area contributed by atoms with Crippen LogP contribution in [-0.4, -0.2) is 37.0 Å². The van der Waals surface area contributed by atoms with Gasteiger partial charge in [-0.25, -0.2) is 14.5 Å². The molecule has 1 N–H and O–H groups in total. The predicted octanol–water partition coefficient (Wildman–Crippen LogP) is 4.22. The van der Waals surface area contributed by atoms with Crippen LogP contribution in [0.2, 0.25) is 10.0 Å². The van der Waals surface area contributed by atoms with Gasteiger partial charge in [0.1, 0.15) is 5.57 Å². The first-order chi connectivity index (χ1) is 15.6. The van der Waals surface area contributed by atoms with E-state index >= 15 is 0 Å². The fourth-order valence-electron chi connectivity index (χ4n) is 3.06. The molecule has 4 amide bonds. The Kier molecular flexibility index (Phi) is 7.40. The molecular formula is C23H20Cl2N2O6. The predicted molar refractivity (Wildman–Crippen MR) is 124 cm³/mol. The standard InChI is InChI=1S/C23H20Cl2N2O6/c1-4-32-19(28)11-33-20-17(24)9-14(10-18(20)25)8-16-21(29)26-23(31)27(22(16)30)15-6-5-12(2)13(3)7-15/h5-10H,4,11H2,1-3H3,(H,26,29,31)/b16-8+. The maximum absolute atomic E-state index is 13.1. The molecule has 172 valence electrons. The van der Waals surface area contributed by atoms with Gasteiger partial charge in [0.05, 0.1) is 22.3 Å². The van der Waals surface area contributed by atoms with Crippen molar-refractivity contribution in [2.45, 2.75) is 20.8 Å². The molecule has 0 atom stereocenters. The first-order valence-electron chi connectivity index (χ1n) is 9.88. The molecule has 0 aliphatic carbocycles. The number of benzene rings is 2. The molecule has 0 spiro atoms. The van der Waals surface area contributed by atoms with Crippen molar-refractivity contribution in [1.82, 2.24) is 5.32 Å². The lowest BCUT2D eigenvalue weighted by Gasteiger charge is -2.27. The number of rotatable bonds is 6. The molecule has 0 aromatic heterocycles. The lowest BCUT2D eigenvalue weighted by atomic mass is 10.0. The van der Waals surface area contributed by atoms with Gasteiger partial charge in [-0.3, -0.25) is 14.9 Å². The molecule has 10 heteroatoms. The summed E-state index contributed by atoms with van der Waals surface area (Å²) in [4.78, 5) is 50.2. The monoisotopic (exact) mass is 490 g/mol.